The fourth-order valence-electron chi connectivity index (χ4n) is 7.68. The van der Waals surface area contributed by atoms with Crippen LogP contribution in [0.4, 0.5) is 0 Å². The minimum absolute atomic E-state index is 1.22. The van der Waals surface area contributed by atoms with E-state index in [4.69, 9.17) is 0 Å². The van der Waals surface area contributed by atoms with Gasteiger partial charge in [-0.25, -0.2) is 0 Å². The lowest BCUT2D eigenvalue weighted by Gasteiger charge is -2.09. The minimum Gasteiger partial charge on any atom is -0.140 e. The van der Waals surface area contributed by atoms with Crippen molar-refractivity contribution >= 4 is 100 Å². The predicted molar refractivity (Wildman–Crippen MR) is 244 cm³/mol. The van der Waals surface area contributed by atoms with E-state index >= 15 is 0 Å². The number of thioether (sulfide) groups is 2. The first-order valence-corrected chi connectivity index (χ1v) is 24.4. The maximum absolute atomic E-state index is 2.46. The van der Waals surface area contributed by atoms with Gasteiger partial charge in [0.15, 0.2) is 0 Å². The predicted octanol–water partition coefficient (Wildman–Crippen LogP) is 17.4. The van der Waals surface area contributed by atoms with Gasteiger partial charge in [-0.15, -0.1) is 46.2 Å². The SMILES string of the molecule is CCCCCCCCCCc1cc2cc3cc(/C=C/c4cc5cc6cc(CCCCCCCCCC)sc6cc5cc4SC)c(SC)cc3cc2s1. The quantitative estimate of drug-likeness (QED) is 0.0384. The highest BCUT2D eigenvalue weighted by Gasteiger charge is 2.10. The van der Waals surface area contributed by atoms with E-state index in [1.165, 1.54) is 178 Å². The molecule has 0 aliphatic rings. The molecule has 6 rings (SSSR count). The fraction of sp³-hybridized carbons (Fsp3) is 0.458. The van der Waals surface area contributed by atoms with Gasteiger partial charge in [-0.2, -0.15) is 0 Å². The normalized spacial score (nSPS) is 12.2. The van der Waals surface area contributed by atoms with Gasteiger partial charge in [0.05, 0.1) is 0 Å². The van der Waals surface area contributed by atoms with Gasteiger partial charge in [-0.05, 0) is 142 Å². The van der Waals surface area contributed by atoms with Crippen LogP contribution in [0.15, 0.2) is 70.5 Å². The second-order valence-corrected chi connectivity index (χ2v) is 18.9. The third-order valence-corrected chi connectivity index (χ3v) is 14.6. The topological polar surface area (TPSA) is 0 Å². The second-order valence-electron chi connectivity index (χ2n) is 14.9. The summed E-state index contributed by atoms with van der Waals surface area (Å²) in [5.41, 5.74) is 2.61. The van der Waals surface area contributed by atoms with Crippen LogP contribution in [0.25, 0.3) is 53.9 Å². The molecule has 0 nitrogen and oxygen atoms in total. The Balaban J connectivity index is 1.14. The monoisotopic (exact) mass is 764 g/mol. The summed E-state index contributed by atoms with van der Waals surface area (Å²) in [6, 6.07) is 24.3. The summed E-state index contributed by atoms with van der Waals surface area (Å²) in [6.45, 7) is 4.60. The van der Waals surface area contributed by atoms with Gasteiger partial charge in [0, 0.05) is 28.9 Å². The zero-order valence-electron chi connectivity index (χ0n) is 32.3. The van der Waals surface area contributed by atoms with Crippen LogP contribution < -0.4 is 0 Å². The van der Waals surface area contributed by atoms with Crippen LogP contribution in [0.5, 0.6) is 0 Å². The molecule has 0 bridgehead atoms. The molecular formula is C48H60S4. The number of rotatable bonds is 22. The lowest BCUT2D eigenvalue weighted by atomic mass is 10.0. The summed E-state index contributed by atoms with van der Waals surface area (Å²) in [6.07, 6.45) is 33.6. The number of hydrogen-bond donors (Lipinski definition) is 0. The molecule has 276 valence electrons. The van der Waals surface area contributed by atoms with E-state index in [0.29, 0.717) is 0 Å². The molecule has 52 heavy (non-hydrogen) atoms. The van der Waals surface area contributed by atoms with Crippen LogP contribution in [-0.2, 0) is 12.8 Å². The highest BCUT2D eigenvalue weighted by Crippen LogP contribution is 2.37. The van der Waals surface area contributed by atoms with E-state index in [1.807, 2.05) is 46.2 Å². The third-order valence-electron chi connectivity index (χ3n) is 10.7. The van der Waals surface area contributed by atoms with Crippen molar-refractivity contribution < 1.29 is 0 Å². The van der Waals surface area contributed by atoms with E-state index in [2.05, 4.69) is 99.2 Å². The van der Waals surface area contributed by atoms with Gasteiger partial charge >= 0.3 is 0 Å². The third kappa shape index (κ3) is 10.7. The average molecular weight is 765 g/mol. The molecule has 6 aromatic rings. The van der Waals surface area contributed by atoms with Crippen molar-refractivity contribution in [2.24, 2.45) is 0 Å². The van der Waals surface area contributed by atoms with Crippen LogP contribution in [-0.4, -0.2) is 12.5 Å². The Kier molecular flexibility index (Phi) is 15.5. The molecule has 0 unspecified atom stereocenters. The zero-order valence-corrected chi connectivity index (χ0v) is 35.6. The molecule has 0 N–H and O–H groups in total. The molecule has 4 heteroatoms. The van der Waals surface area contributed by atoms with Crippen molar-refractivity contribution in [3.8, 4) is 0 Å². The summed E-state index contributed by atoms with van der Waals surface area (Å²) >= 11 is 7.72. The smallest absolute Gasteiger partial charge is 0.0352 e. The highest BCUT2D eigenvalue weighted by atomic mass is 32.2. The number of hydrogen-bond acceptors (Lipinski definition) is 4. The highest BCUT2D eigenvalue weighted by molar-refractivity contribution is 7.99. The lowest BCUT2D eigenvalue weighted by molar-refractivity contribution is 0.576. The Labute approximate surface area is 331 Å². The van der Waals surface area contributed by atoms with Gasteiger partial charge in [0.1, 0.15) is 0 Å². The Bertz CT molecular complexity index is 1910. The van der Waals surface area contributed by atoms with Gasteiger partial charge in [0.25, 0.3) is 0 Å². The van der Waals surface area contributed by atoms with Crippen molar-refractivity contribution in [2.45, 2.75) is 139 Å². The molecule has 0 saturated heterocycles. The number of aryl methyl sites for hydroxylation is 2. The number of unbranched alkanes of at least 4 members (excludes halogenated alkanes) is 14. The maximum atomic E-state index is 2.46. The van der Waals surface area contributed by atoms with Crippen LogP contribution in [0.1, 0.15) is 137 Å². The van der Waals surface area contributed by atoms with Gasteiger partial charge in [0.2, 0.25) is 0 Å². The van der Waals surface area contributed by atoms with E-state index in [0.717, 1.165) is 0 Å². The average Bonchev–Trinajstić information content (AvgIpc) is 3.75. The van der Waals surface area contributed by atoms with Crippen molar-refractivity contribution in [2.75, 3.05) is 12.5 Å². The molecule has 0 atom stereocenters. The first-order chi connectivity index (χ1) is 25.6. The van der Waals surface area contributed by atoms with E-state index in [9.17, 15) is 0 Å². The molecule has 0 saturated carbocycles. The molecule has 0 fully saturated rings. The standard InChI is InChI=1S/C48H60S4/c1-5-7-9-11-13-15-17-19-21-43-29-41-27-37-25-35(45(49-3)31-39(37)33-47(41)51-43)23-24-36-26-38-28-42-30-44(22-20-18-16-14-12-10-8-6-2)52-48(42)34-40(38)32-46(36)50-4/h23-34H,5-22H2,1-4H3/b24-23+. The number of fused-ring (bicyclic) bond motifs is 4. The summed E-state index contributed by atoms with van der Waals surface area (Å²) < 4.78 is 2.86. The van der Waals surface area contributed by atoms with Crippen molar-refractivity contribution in [3.63, 3.8) is 0 Å². The molecule has 0 aliphatic heterocycles. The largest absolute Gasteiger partial charge is 0.140 e. The van der Waals surface area contributed by atoms with Gasteiger partial charge in [-0.1, -0.05) is 116 Å². The van der Waals surface area contributed by atoms with E-state index < -0.39 is 0 Å². The van der Waals surface area contributed by atoms with Crippen LogP contribution >= 0.6 is 46.2 Å². The zero-order chi connectivity index (χ0) is 36.1. The molecule has 2 heterocycles. The Morgan fingerprint density at radius 2 is 0.769 bits per heavy atom. The van der Waals surface area contributed by atoms with Crippen molar-refractivity contribution in [3.05, 3.63) is 81.5 Å². The van der Waals surface area contributed by atoms with Crippen molar-refractivity contribution in [1.29, 1.82) is 0 Å². The van der Waals surface area contributed by atoms with Crippen LogP contribution in [0.3, 0.4) is 0 Å². The molecule has 2 aromatic heterocycles. The summed E-state index contributed by atoms with van der Waals surface area (Å²) in [5.74, 6) is 0. The molecule has 0 amide bonds. The lowest BCUT2D eigenvalue weighted by Crippen LogP contribution is -1.84. The molecule has 4 aromatic carbocycles. The van der Waals surface area contributed by atoms with Crippen molar-refractivity contribution in [1.82, 2.24) is 0 Å². The second kappa shape index (κ2) is 20.4. The minimum atomic E-state index is 1.22. The molecular weight excluding hydrogens is 705 g/mol. The summed E-state index contributed by atoms with van der Waals surface area (Å²) in [4.78, 5) is 5.77. The Hall–Kier alpha value is -2.24. The molecule has 0 spiro atoms. The molecule has 0 aliphatic carbocycles. The fourth-order valence-corrected chi connectivity index (χ4v) is 11.2. The Morgan fingerprint density at radius 1 is 0.404 bits per heavy atom. The first kappa shape index (κ1) is 39.5. The molecule has 0 radical (unpaired) electrons. The van der Waals surface area contributed by atoms with E-state index in [1.54, 1.807) is 9.75 Å². The first-order valence-electron chi connectivity index (χ1n) is 20.3. The van der Waals surface area contributed by atoms with E-state index in [-0.39, 0.29) is 0 Å². The number of thiophene rings is 2. The summed E-state index contributed by atoms with van der Waals surface area (Å²) in [5, 5.41) is 8.19. The van der Waals surface area contributed by atoms with Gasteiger partial charge in [-0.3, -0.25) is 0 Å². The maximum Gasteiger partial charge on any atom is 0.0352 e. The van der Waals surface area contributed by atoms with Gasteiger partial charge < -0.3 is 0 Å². The number of benzene rings is 4. The Morgan fingerprint density at radius 3 is 1.15 bits per heavy atom. The van der Waals surface area contributed by atoms with Crippen LogP contribution in [0.2, 0.25) is 0 Å². The van der Waals surface area contributed by atoms with Crippen LogP contribution in [0, 0.1) is 0 Å². The summed E-state index contributed by atoms with van der Waals surface area (Å²) in [7, 11) is 0.